The molecule has 0 aliphatic carbocycles. The van der Waals surface area contributed by atoms with Crippen LogP contribution in [-0.2, 0) is 9.53 Å². The van der Waals surface area contributed by atoms with Crippen LogP contribution < -0.4 is 15.0 Å². The molecule has 3 heterocycles. The maximum Gasteiger partial charge on any atom is 0.324 e. The average Bonchev–Trinajstić information content (AvgIpc) is 3.25. The van der Waals surface area contributed by atoms with Crippen molar-refractivity contribution in [2.24, 2.45) is 5.92 Å². The first kappa shape index (κ1) is 20.0. The molecule has 4 rings (SSSR count). The molecule has 1 N–H and O–H groups in total. The quantitative estimate of drug-likeness (QED) is 0.845. The van der Waals surface area contributed by atoms with E-state index in [9.17, 15) is 9.59 Å². The van der Waals surface area contributed by atoms with Crippen LogP contribution in [0.5, 0.6) is 5.75 Å². The lowest BCUT2D eigenvalue weighted by Crippen LogP contribution is -2.52. The first-order valence-corrected chi connectivity index (χ1v) is 10.7. The predicted molar refractivity (Wildman–Crippen MR) is 110 cm³/mol. The van der Waals surface area contributed by atoms with E-state index in [-0.39, 0.29) is 30.1 Å². The number of nitrogens with zero attached hydrogens (tertiary/aromatic N) is 2. The van der Waals surface area contributed by atoms with Gasteiger partial charge >= 0.3 is 6.03 Å². The molecule has 2 atom stereocenters. The molecule has 7 heteroatoms. The molecule has 1 aromatic carbocycles. The molecule has 158 valence electrons. The van der Waals surface area contributed by atoms with Crippen molar-refractivity contribution in [3.05, 3.63) is 23.8 Å². The molecule has 7 nitrogen and oxygen atoms in total. The zero-order chi connectivity index (χ0) is 20.4. The summed E-state index contributed by atoms with van der Waals surface area (Å²) in [6.45, 7) is 7.13. The highest BCUT2D eigenvalue weighted by Gasteiger charge is 2.34. The van der Waals surface area contributed by atoms with E-state index in [1.165, 1.54) is 0 Å². The van der Waals surface area contributed by atoms with Crippen molar-refractivity contribution in [1.29, 1.82) is 0 Å². The average molecular weight is 402 g/mol. The molecule has 2 fully saturated rings. The fourth-order valence-corrected chi connectivity index (χ4v) is 4.40. The zero-order valence-electron chi connectivity index (χ0n) is 17.4. The highest BCUT2D eigenvalue weighted by atomic mass is 16.5. The van der Waals surface area contributed by atoms with Crippen LogP contribution in [0.2, 0.25) is 0 Å². The Morgan fingerprint density at radius 2 is 2.00 bits per heavy atom. The minimum atomic E-state index is -0.0460. The van der Waals surface area contributed by atoms with Crippen LogP contribution in [0.15, 0.2) is 18.2 Å². The molecular formula is C22H31N3O4. The van der Waals surface area contributed by atoms with Crippen LogP contribution in [0.4, 0.5) is 10.5 Å². The van der Waals surface area contributed by atoms with Crippen molar-refractivity contribution in [3.63, 3.8) is 0 Å². The van der Waals surface area contributed by atoms with Gasteiger partial charge in [-0.1, -0.05) is 6.07 Å². The Morgan fingerprint density at radius 1 is 1.21 bits per heavy atom. The number of hydrogen-bond donors (Lipinski definition) is 1. The second-order valence-corrected chi connectivity index (χ2v) is 8.43. The Kier molecular flexibility index (Phi) is 5.94. The van der Waals surface area contributed by atoms with Crippen molar-refractivity contribution in [1.82, 2.24) is 10.2 Å². The smallest absolute Gasteiger partial charge is 0.324 e. The number of amides is 3. The summed E-state index contributed by atoms with van der Waals surface area (Å²) >= 11 is 0. The first-order valence-electron chi connectivity index (χ1n) is 10.7. The standard InChI is InChI=1S/C22H31N3O4/c1-15-5-6-20-19(12-15)25(14-16(2)29-20)22(27)24-9-7-17(8-10-24)21(26)23-13-18-4-3-11-28-18/h5-6,12,16-18H,3-4,7-11,13-14H2,1-2H3,(H,23,26)/t16-,18-/m1/s1. The van der Waals surface area contributed by atoms with Crippen LogP contribution in [0, 0.1) is 12.8 Å². The second-order valence-electron chi connectivity index (χ2n) is 8.43. The number of carbonyl (C=O) groups is 2. The maximum atomic E-state index is 13.2. The van der Waals surface area contributed by atoms with E-state index in [1.54, 1.807) is 0 Å². The van der Waals surface area contributed by atoms with Crippen LogP contribution in [0.1, 0.15) is 38.2 Å². The minimum absolute atomic E-state index is 0.00483. The third-order valence-corrected chi connectivity index (χ3v) is 6.07. The summed E-state index contributed by atoms with van der Waals surface area (Å²) in [5.74, 6) is 0.818. The van der Waals surface area contributed by atoms with Gasteiger partial charge in [0.2, 0.25) is 5.91 Å². The van der Waals surface area contributed by atoms with E-state index in [0.717, 1.165) is 36.4 Å². The van der Waals surface area contributed by atoms with Crippen LogP contribution in [0.3, 0.4) is 0 Å². The SMILES string of the molecule is Cc1ccc2c(c1)N(C(=O)N1CCC(C(=O)NC[C@H]3CCCO3)CC1)C[C@@H](C)O2. The number of hydrogen-bond acceptors (Lipinski definition) is 4. The highest BCUT2D eigenvalue weighted by Crippen LogP contribution is 2.35. The number of nitrogens with one attached hydrogen (secondary N) is 1. The Morgan fingerprint density at radius 3 is 2.72 bits per heavy atom. The van der Waals surface area contributed by atoms with E-state index < -0.39 is 0 Å². The van der Waals surface area contributed by atoms with Crippen LogP contribution in [0.25, 0.3) is 0 Å². The fraction of sp³-hybridized carbons (Fsp3) is 0.636. The van der Waals surface area contributed by atoms with Crippen molar-refractivity contribution in [2.75, 3.05) is 37.7 Å². The molecule has 3 aliphatic rings. The molecule has 29 heavy (non-hydrogen) atoms. The molecule has 0 aromatic heterocycles. The predicted octanol–water partition coefficient (Wildman–Crippen LogP) is 2.71. The topological polar surface area (TPSA) is 71.1 Å². The normalized spacial score (nSPS) is 24.8. The lowest BCUT2D eigenvalue weighted by atomic mass is 9.96. The molecule has 0 saturated carbocycles. The van der Waals surface area contributed by atoms with Crippen molar-refractivity contribution in [3.8, 4) is 5.75 Å². The molecule has 0 spiro atoms. The van der Waals surface area contributed by atoms with Gasteiger partial charge in [0.05, 0.1) is 18.3 Å². The van der Waals surface area contributed by atoms with E-state index in [1.807, 2.05) is 41.8 Å². The lowest BCUT2D eigenvalue weighted by molar-refractivity contribution is -0.126. The monoisotopic (exact) mass is 401 g/mol. The Balaban J connectivity index is 1.33. The summed E-state index contributed by atoms with van der Waals surface area (Å²) in [4.78, 5) is 29.4. The number of piperidine rings is 1. The summed E-state index contributed by atoms with van der Waals surface area (Å²) in [6, 6.07) is 5.95. The van der Waals surface area contributed by atoms with Crippen LogP contribution >= 0.6 is 0 Å². The first-order chi connectivity index (χ1) is 14.0. The molecule has 3 aliphatic heterocycles. The maximum absolute atomic E-state index is 13.2. The number of benzene rings is 1. The van der Waals surface area contributed by atoms with Gasteiger partial charge in [0.1, 0.15) is 11.9 Å². The Bertz CT molecular complexity index is 754. The van der Waals surface area contributed by atoms with Gasteiger partial charge in [-0.25, -0.2) is 4.79 Å². The van der Waals surface area contributed by atoms with Crippen molar-refractivity contribution >= 4 is 17.6 Å². The number of carbonyl (C=O) groups excluding carboxylic acids is 2. The molecular weight excluding hydrogens is 370 g/mol. The Hall–Kier alpha value is -2.28. The number of urea groups is 1. The molecule has 0 radical (unpaired) electrons. The summed E-state index contributed by atoms with van der Waals surface area (Å²) < 4.78 is 11.5. The summed E-state index contributed by atoms with van der Waals surface area (Å²) in [6.07, 6.45) is 3.60. The molecule has 2 saturated heterocycles. The largest absolute Gasteiger partial charge is 0.487 e. The van der Waals surface area contributed by atoms with Gasteiger partial charge in [0.25, 0.3) is 0 Å². The highest BCUT2D eigenvalue weighted by molar-refractivity contribution is 5.94. The van der Waals surface area contributed by atoms with Gasteiger partial charge in [-0.05, 0) is 57.2 Å². The molecule has 1 aromatic rings. The van der Waals surface area contributed by atoms with Gasteiger partial charge in [0.15, 0.2) is 0 Å². The molecule has 0 unspecified atom stereocenters. The molecule has 3 amide bonds. The fourth-order valence-electron chi connectivity index (χ4n) is 4.40. The van der Waals surface area contributed by atoms with E-state index in [4.69, 9.17) is 9.47 Å². The van der Waals surface area contributed by atoms with Crippen LogP contribution in [-0.4, -0.2) is 61.8 Å². The summed E-state index contributed by atoms with van der Waals surface area (Å²) in [7, 11) is 0. The molecule has 0 bridgehead atoms. The van der Waals surface area contributed by atoms with E-state index >= 15 is 0 Å². The third kappa shape index (κ3) is 4.50. The number of likely N-dealkylation sites (tertiary alicyclic amines) is 1. The van der Waals surface area contributed by atoms with Gasteiger partial charge in [-0.15, -0.1) is 0 Å². The summed E-state index contributed by atoms with van der Waals surface area (Å²) in [5.41, 5.74) is 1.94. The number of ether oxygens (including phenoxy) is 2. The third-order valence-electron chi connectivity index (χ3n) is 6.07. The Labute approximate surface area is 172 Å². The van der Waals surface area contributed by atoms with Crippen molar-refractivity contribution in [2.45, 2.75) is 51.7 Å². The van der Waals surface area contributed by atoms with E-state index in [2.05, 4.69) is 5.32 Å². The summed E-state index contributed by atoms with van der Waals surface area (Å²) in [5, 5.41) is 3.03. The number of anilines is 1. The van der Waals surface area contributed by atoms with Gasteiger partial charge < -0.3 is 19.7 Å². The lowest BCUT2D eigenvalue weighted by Gasteiger charge is -2.39. The number of fused-ring (bicyclic) bond motifs is 1. The van der Waals surface area contributed by atoms with Gasteiger partial charge in [0, 0.05) is 32.2 Å². The van der Waals surface area contributed by atoms with Crippen molar-refractivity contribution < 1.29 is 19.1 Å². The number of rotatable bonds is 3. The number of aryl methyl sites for hydroxylation is 1. The second kappa shape index (κ2) is 8.61. The van der Waals surface area contributed by atoms with E-state index in [0.29, 0.717) is 39.0 Å². The zero-order valence-corrected chi connectivity index (χ0v) is 17.4. The van der Waals surface area contributed by atoms with Gasteiger partial charge in [-0.2, -0.15) is 0 Å². The minimum Gasteiger partial charge on any atom is -0.487 e. The van der Waals surface area contributed by atoms with Gasteiger partial charge in [-0.3, -0.25) is 9.69 Å².